The van der Waals surface area contributed by atoms with E-state index in [0.29, 0.717) is 44.7 Å². The molecule has 2 aromatic rings. The Morgan fingerprint density at radius 3 is 2.41 bits per heavy atom. The number of aromatic nitrogens is 2. The third-order valence-electron chi connectivity index (χ3n) is 5.27. The van der Waals surface area contributed by atoms with Gasteiger partial charge in [0.2, 0.25) is 15.9 Å². The highest BCUT2D eigenvalue weighted by molar-refractivity contribution is 7.89. The summed E-state index contributed by atoms with van der Waals surface area (Å²) in [6, 6.07) is 8.73. The first-order valence-corrected chi connectivity index (χ1v) is 11.0. The standard InChI is InChI=1S/C19H24N6O3S/c1-23(2)17-6-7-18(22-21-17)24-9-11-25(12-10-24)29(27,28)15-4-5-16-14(13-15)3-8-19(26)20-16/h4-7,13H,3,8-12H2,1-2H3,(H,20,26). The van der Waals surface area contributed by atoms with Gasteiger partial charge in [0.25, 0.3) is 0 Å². The first kappa shape index (κ1) is 19.6. The third kappa shape index (κ3) is 3.90. The first-order chi connectivity index (χ1) is 13.8. The Hall–Kier alpha value is -2.72. The fourth-order valence-corrected chi connectivity index (χ4v) is 5.03. The zero-order valence-electron chi connectivity index (χ0n) is 16.5. The van der Waals surface area contributed by atoms with Crippen molar-refractivity contribution >= 4 is 33.3 Å². The minimum Gasteiger partial charge on any atom is -0.361 e. The van der Waals surface area contributed by atoms with E-state index in [4.69, 9.17) is 0 Å². The molecule has 1 aromatic heterocycles. The van der Waals surface area contributed by atoms with Crippen LogP contribution in [0.5, 0.6) is 0 Å². The number of aryl methyl sites for hydroxylation is 1. The highest BCUT2D eigenvalue weighted by Crippen LogP contribution is 2.27. The first-order valence-electron chi connectivity index (χ1n) is 9.53. The molecule has 1 fully saturated rings. The molecule has 0 radical (unpaired) electrons. The number of nitrogens with one attached hydrogen (secondary N) is 1. The van der Waals surface area contributed by atoms with Gasteiger partial charge in [0, 0.05) is 52.4 Å². The minimum absolute atomic E-state index is 0.0362. The van der Waals surface area contributed by atoms with Crippen molar-refractivity contribution in [1.82, 2.24) is 14.5 Å². The van der Waals surface area contributed by atoms with E-state index >= 15 is 0 Å². The Kier molecular flexibility index (Phi) is 5.13. The maximum Gasteiger partial charge on any atom is 0.243 e. The van der Waals surface area contributed by atoms with Crippen LogP contribution in [0.4, 0.5) is 17.3 Å². The number of carbonyl (C=O) groups is 1. The zero-order chi connectivity index (χ0) is 20.6. The predicted molar refractivity (Wildman–Crippen MR) is 111 cm³/mol. The molecule has 2 aliphatic heterocycles. The van der Waals surface area contributed by atoms with Gasteiger partial charge in [-0.2, -0.15) is 4.31 Å². The molecule has 154 valence electrons. The Morgan fingerprint density at radius 2 is 1.76 bits per heavy atom. The highest BCUT2D eigenvalue weighted by atomic mass is 32.2. The summed E-state index contributed by atoms with van der Waals surface area (Å²) >= 11 is 0. The summed E-state index contributed by atoms with van der Waals surface area (Å²) in [7, 11) is 0.228. The van der Waals surface area contributed by atoms with Crippen molar-refractivity contribution in [1.29, 1.82) is 0 Å². The molecule has 1 N–H and O–H groups in total. The second-order valence-electron chi connectivity index (χ2n) is 7.40. The predicted octanol–water partition coefficient (Wildman–Crippen LogP) is 0.938. The van der Waals surface area contributed by atoms with Crippen molar-refractivity contribution in [3.63, 3.8) is 0 Å². The fourth-order valence-electron chi connectivity index (χ4n) is 3.55. The van der Waals surface area contributed by atoms with E-state index in [-0.39, 0.29) is 10.8 Å². The van der Waals surface area contributed by atoms with Gasteiger partial charge in [0.1, 0.15) is 0 Å². The van der Waals surface area contributed by atoms with Crippen LogP contribution in [0.25, 0.3) is 0 Å². The van der Waals surface area contributed by atoms with Crippen LogP contribution >= 0.6 is 0 Å². The number of anilines is 3. The van der Waals surface area contributed by atoms with E-state index in [1.165, 1.54) is 4.31 Å². The molecule has 1 saturated heterocycles. The van der Waals surface area contributed by atoms with Crippen molar-refractivity contribution in [2.24, 2.45) is 0 Å². The van der Waals surface area contributed by atoms with Crippen LogP contribution in [0.3, 0.4) is 0 Å². The van der Waals surface area contributed by atoms with Crippen molar-refractivity contribution in [2.75, 3.05) is 55.4 Å². The van der Waals surface area contributed by atoms with Crippen molar-refractivity contribution in [2.45, 2.75) is 17.7 Å². The number of nitrogens with zero attached hydrogens (tertiary/aromatic N) is 5. The average Bonchev–Trinajstić information content (AvgIpc) is 2.73. The molecule has 1 aromatic carbocycles. The number of rotatable bonds is 4. The van der Waals surface area contributed by atoms with Crippen molar-refractivity contribution in [3.8, 4) is 0 Å². The van der Waals surface area contributed by atoms with Crippen LogP contribution in [0, 0.1) is 0 Å². The zero-order valence-corrected chi connectivity index (χ0v) is 17.3. The van der Waals surface area contributed by atoms with E-state index in [9.17, 15) is 13.2 Å². The van der Waals surface area contributed by atoms with Gasteiger partial charge in [-0.05, 0) is 42.3 Å². The van der Waals surface area contributed by atoms with Crippen LogP contribution in [0.2, 0.25) is 0 Å². The summed E-state index contributed by atoms with van der Waals surface area (Å²) in [5.74, 6) is 1.49. The number of hydrogen-bond donors (Lipinski definition) is 1. The van der Waals surface area contributed by atoms with Gasteiger partial charge in [0.05, 0.1) is 4.90 Å². The number of sulfonamides is 1. The summed E-state index contributed by atoms with van der Waals surface area (Å²) in [4.78, 5) is 15.7. The SMILES string of the molecule is CN(C)c1ccc(N2CCN(S(=O)(=O)c3ccc4c(c3)CCC(=O)N4)CC2)nn1. The molecule has 0 atom stereocenters. The van der Waals surface area contributed by atoms with Crippen LogP contribution in [0.15, 0.2) is 35.2 Å². The molecule has 3 heterocycles. The summed E-state index contributed by atoms with van der Waals surface area (Å²) in [5, 5.41) is 11.2. The van der Waals surface area contributed by atoms with E-state index in [1.54, 1.807) is 18.2 Å². The lowest BCUT2D eigenvalue weighted by molar-refractivity contribution is -0.116. The van der Waals surface area contributed by atoms with Gasteiger partial charge in [-0.1, -0.05) is 0 Å². The van der Waals surface area contributed by atoms with Gasteiger partial charge in [-0.25, -0.2) is 8.42 Å². The Labute approximate surface area is 170 Å². The van der Waals surface area contributed by atoms with E-state index in [1.807, 2.05) is 36.0 Å². The van der Waals surface area contributed by atoms with Gasteiger partial charge in [0.15, 0.2) is 11.6 Å². The molecule has 1 amide bonds. The molecule has 0 bridgehead atoms. The number of amides is 1. The molecule has 0 unspecified atom stereocenters. The topological polar surface area (TPSA) is 98.7 Å². The van der Waals surface area contributed by atoms with Crippen LogP contribution in [0.1, 0.15) is 12.0 Å². The number of carbonyl (C=O) groups excluding carboxylic acids is 1. The molecule has 29 heavy (non-hydrogen) atoms. The molecule has 0 saturated carbocycles. The van der Waals surface area contributed by atoms with Gasteiger partial charge < -0.3 is 15.1 Å². The third-order valence-corrected chi connectivity index (χ3v) is 7.16. The summed E-state index contributed by atoms with van der Waals surface area (Å²) in [6.07, 6.45) is 0.933. The van der Waals surface area contributed by atoms with Crippen molar-refractivity contribution < 1.29 is 13.2 Å². The van der Waals surface area contributed by atoms with E-state index in [2.05, 4.69) is 15.5 Å². The molecular formula is C19H24N6O3S. The average molecular weight is 417 g/mol. The number of benzene rings is 1. The Balaban J connectivity index is 1.45. The maximum atomic E-state index is 13.1. The van der Waals surface area contributed by atoms with Gasteiger partial charge in [-0.15, -0.1) is 10.2 Å². The molecule has 10 heteroatoms. The van der Waals surface area contributed by atoms with Crippen LogP contribution in [-0.2, 0) is 21.2 Å². The number of fused-ring (bicyclic) bond motifs is 1. The number of piperazine rings is 1. The summed E-state index contributed by atoms with van der Waals surface area (Å²) in [6.45, 7) is 1.87. The lowest BCUT2D eigenvalue weighted by atomic mass is 10.0. The highest BCUT2D eigenvalue weighted by Gasteiger charge is 2.30. The second-order valence-corrected chi connectivity index (χ2v) is 9.34. The van der Waals surface area contributed by atoms with Crippen molar-refractivity contribution in [3.05, 3.63) is 35.9 Å². The monoisotopic (exact) mass is 416 g/mol. The van der Waals surface area contributed by atoms with E-state index in [0.717, 1.165) is 17.2 Å². The lowest BCUT2D eigenvalue weighted by Crippen LogP contribution is -2.49. The molecule has 4 rings (SSSR count). The largest absolute Gasteiger partial charge is 0.361 e. The second kappa shape index (κ2) is 7.60. The normalized spacial score (nSPS) is 17.6. The molecule has 0 aliphatic carbocycles. The molecular weight excluding hydrogens is 392 g/mol. The van der Waals surface area contributed by atoms with Crippen LogP contribution in [-0.4, -0.2) is 69.1 Å². The summed E-state index contributed by atoms with van der Waals surface area (Å²) < 4.78 is 27.7. The van der Waals surface area contributed by atoms with Gasteiger partial charge >= 0.3 is 0 Å². The Morgan fingerprint density at radius 1 is 1.00 bits per heavy atom. The van der Waals surface area contributed by atoms with E-state index < -0.39 is 10.0 Å². The molecule has 0 spiro atoms. The van der Waals surface area contributed by atoms with Gasteiger partial charge in [-0.3, -0.25) is 4.79 Å². The Bertz CT molecular complexity index is 1010. The number of hydrogen-bond acceptors (Lipinski definition) is 7. The molecule has 9 nitrogen and oxygen atoms in total. The quantitative estimate of drug-likeness (QED) is 0.792. The van der Waals surface area contributed by atoms with Crippen LogP contribution < -0.4 is 15.1 Å². The lowest BCUT2D eigenvalue weighted by Gasteiger charge is -2.34. The summed E-state index contributed by atoms with van der Waals surface area (Å²) in [5.41, 5.74) is 1.56. The fraction of sp³-hybridized carbons (Fsp3) is 0.421. The smallest absolute Gasteiger partial charge is 0.243 e. The minimum atomic E-state index is -3.58. The molecule has 2 aliphatic rings. The maximum absolute atomic E-state index is 13.1.